The first-order valence-corrected chi connectivity index (χ1v) is 9.61. The normalized spacial score (nSPS) is 10.8. The zero-order chi connectivity index (χ0) is 22.2. The molecule has 5 nitrogen and oxygen atoms in total. The number of hydrogen-bond acceptors (Lipinski definition) is 4. The van der Waals surface area contributed by atoms with Gasteiger partial charge in [0.25, 0.3) is 5.91 Å². The molecule has 7 heteroatoms. The number of carbonyl (C=O) groups excluding carboxylic acids is 1. The van der Waals surface area contributed by atoms with Crippen molar-refractivity contribution in [2.75, 3.05) is 12.4 Å². The van der Waals surface area contributed by atoms with Gasteiger partial charge in [-0.15, -0.1) is 0 Å². The summed E-state index contributed by atoms with van der Waals surface area (Å²) in [5.74, 6) is 0.104. The van der Waals surface area contributed by atoms with Crippen molar-refractivity contribution in [2.45, 2.75) is 6.61 Å². The molecule has 1 amide bonds. The lowest BCUT2D eigenvalue weighted by atomic mass is 10.1. The van der Waals surface area contributed by atoms with Gasteiger partial charge in [-0.2, -0.15) is 5.26 Å². The number of amides is 1. The van der Waals surface area contributed by atoms with Gasteiger partial charge >= 0.3 is 0 Å². The largest absolute Gasteiger partial charge is 0.497 e. The first-order valence-electron chi connectivity index (χ1n) is 9.23. The number of hydrogen-bond donors (Lipinski definition) is 1. The smallest absolute Gasteiger partial charge is 0.266 e. The van der Waals surface area contributed by atoms with Crippen molar-refractivity contribution < 1.29 is 18.7 Å². The van der Waals surface area contributed by atoms with Gasteiger partial charge in [-0.05, 0) is 54.1 Å². The van der Waals surface area contributed by atoms with Crippen molar-refractivity contribution in [1.82, 2.24) is 0 Å². The van der Waals surface area contributed by atoms with E-state index in [1.807, 2.05) is 6.07 Å². The van der Waals surface area contributed by atoms with Gasteiger partial charge in [-0.3, -0.25) is 4.79 Å². The van der Waals surface area contributed by atoms with Crippen LogP contribution in [0.2, 0.25) is 5.02 Å². The highest BCUT2D eigenvalue weighted by Gasteiger charge is 2.11. The van der Waals surface area contributed by atoms with Crippen LogP contribution in [-0.4, -0.2) is 13.0 Å². The van der Waals surface area contributed by atoms with Crippen LogP contribution in [0.5, 0.6) is 11.5 Å². The predicted octanol–water partition coefficient (Wildman–Crippen LogP) is 5.61. The Morgan fingerprint density at radius 2 is 1.90 bits per heavy atom. The summed E-state index contributed by atoms with van der Waals surface area (Å²) in [4.78, 5) is 12.4. The summed E-state index contributed by atoms with van der Waals surface area (Å²) in [7, 11) is 1.55. The second-order valence-corrected chi connectivity index (χ2v) is 6.83. The maximum absolute atomic E-state index is 13.7. The molecule has 0 aliphatic carbocycles. The second kappa shape index (κ2) is 10.3. The average Bonchev–Trinajstić information content (AvgIpc) is 2.78. The van der Waals surface area contributed by atoms with Crippen molar-refractivity contribution >= 4 is 29.3 Å². The van der Waals surface area contributed by atoms with Gasteiger partial charge in [0, 0.05) is 11.3 Å². The first kappa shape index (κ1) is 21.9. The Morgan fingerprint density at radius 1 is 1.16 bits per heavy atom. The van der Waals surface area contributed by atoms with E-state index in [1.165, 1.54) is 12.1 Å². The van der Waals surface area contributed by atoms with E-state index >= 15 is 0 Å². The van der Waals surface area contributed by atoms with Gasteiger partial charge in [0.15, 0.2) is 0 Å². The Morgan fingerprint density at radius 3 is 2.55 bits per heavy atom. The van der Waals surface area contributed by atoms with Crippen LogP contribution in [-0.2, 0) is 11.4 Å². The van der Waals surface area contributed by atoms with Crippen molar-refractivity contribution in [2.24, 2.45) is 0 Å². The number of rotatable bonds is 7. The molecule has 1 N–H and O–H groups in total. The highest BCUT2D eigenvalue weighted by molar-refractivity contribution is 6.32. The fourth-order valence-corrected chi connectivity index (χ4v) is 2.93. The molecule has 0 heterocycles. The van der Waals surface area contributed by atoms with Gasteiger partial charge in [-0.25, -0.2) is 4.39 Å². The first-order chi connectivity index (χ1) is 15.0. The number of carbonyl (C=O) groups is 1. The molecule has 3 aromatic rings. The van der Waals surface area contributed by atoms with Crippen LogP contribution >= 0.6 is 11.6 Å². The van der Waals surface area contributed by atoms with Crippen LogP contribution in [0.1, 0.15) is 11.1 Å². The van der Waals surface area contributed by atoms with E-state index in [9.17, 15) is 14.4 Å². The molecular weight excluding hydrogens is 419 g/mol. The molecule has 0 aliphatic rings. The summed E-state index contributed by atoms with van der Waals surface area (Å²) in [6.07, 6.45) is 1.42. The molecule has 3 aromatic carbocycles. The molecule has 0 fully saturated rings. The van der Waals surface area contributed by atoms with E-state index in [0.717, 1.165) is 0 Å². The lowest BCUT2D eigenvalue weighted by Crippen LogP contribution is -2.13. The minimum Gasteiger partial charge on any atom is -0.497 e. The van der Waals surface area contributed by atoms with Crippen LogP contribution < -0.4 is 14.8 Å². The fraction of sp³-hybridized carbons (Fsp3) is 0.0833. The quantitative estimate of drug-likeness (QED) is 0.386. The summed E-state index contributed by atoms with van der Waals surface area (Å²) in [5, 5.41) is 12.3. The third kappa shape index (κ3) is 5.84. The molecule has 0 atom stereocenters. The number of nitrogens with zero attached hydrogens (tertiary/aromatic N) is 1. The van der Waals surface area contributed by atoms with Gasteiger partial charge in [0.1, 0.15) is 35.6 Å². The van der Waals surface area contributed by atoms with E-state index in [1.54, 1.807) is 67.8 Å². The number of ether oxygens (including phenoxy) is 2. The van der Waals surface area contributed by atoms with E-state index < -0.39 is 5.91 Å². The zero-order valence-corrected chi connectivity index (χ0v) is 17.3. The molecule has 0 saturated heterocycles. The summed E-state index contributed by atoms with van der Waals surface area (Å²) >= 11 is 6.26. The van der Waals surface area contributed by atoms with Crippen molar-refractivity contribution in [3.05, 3.63) is 94.3 Å². The Labute approximate surface area is 184 Å². The van der Waals surface area contributed by atoms with Crippen LogP contribution in [0, 0.1) is 17.1 Å². The number of halogens is 2. The minimum absolute atomic E-state index is 0.0231. The number of methoxy groups -OCH3 is 1. The van der Waals surface area contributed by atoms with Gasteiger partial charge in [0.2, 0.25) is 0 Å². The maximum Gasteiger partial charge on any atom is 0.266 e. The molecule has 0 spiro atoms. The van der Waals surface area contributed by atoms with Crippen LogP contribution in [0.15, 0.2) is 72.3 Å². The van der Waals surface area contributed by atoms with Crippen molar-refractivity contribution in [3.63, 3.8) is 0 Å². The Balaban J connectivity index is 1.70. The van der Waals surface area contributed by atoms with Crippen LogP contribution in [0.4, 0.5) is 10.1 Å². The molecule has 3 rings (SSSR count). The monoisotopic (exact) mass is 436 g/mol. The van der Waals surface area contributed by atoms with Gasteiger partial charge in [-0.1, -0.05) is 35.9 Å². The topological polar surface area (TPSA) is 71.3 Å². The highest BCUT2D eigenvalue weighted by atomic mass is 35.5. The maximum atomic E-state index is 13.7. The van der Waals surface area contributed by atoms with Crippen LogP contribution in [0.25, 0.3) is 6.08 Å². The van der Waals surface area contributed by atoms with E-state index in [2.05, 4.69) is 5.32 Å². The summed E-state index contributed by atoms with van der Waals surface area (Å²) < 4.78 is 24.4. The fourth-order valence-electron chi connectivity index (χ4n) is 2.68. The lowest BCUT2D eigenvalue weighted by Gasteiger charge is -2.10. The number of nitriles is 1. The molecular formula is C24H18ClFN2O3. The third-order valence-corrected chi connectivity index (χ3v) is 4.62. The van der Waals surface area contributed by atoms with E-state index in [0.29, 0.717) is 28.3 Å². The molecule has 0 aliphatic heterocycles. The standard InChI is InChI=1S/C24H18ClFN2O3/c1-30-20-9-7-19(8-10-20)28-24(29)18(14-27)12-16-6-11-23(21(25)13-16)31-15-17-4-2-3-5-22(17)26/h2-13H,15H2,1H3,(H,28,29)/b18-12+. The predicted molar refractivity (Wildman–Crippen MR) is 117 cm³/mol. The molecule has 0 radical (unpaired) electrons. The van der Waals surface area contributed by atoms with Gasteiger partial charge < -0.3 is 14.8 Å². The van der Waals surface area contributed by atoms with Crippen LogP contribution in [0.3, 0.4) is 0 Å². The Kier molecular flexibility index (Phi) is 7.26. The number of benzene rings is 3. The second-order valence-electron chi connectivity index (χ2n) is 6.42. The Bertz CT molecular complexity index is 1150. The summed E-state index contributed by atoms with van der Waals surface area (Å²) in [6.45, 7) is 0.0231. The third-order valence-electron chi connectivity index (χ3n) is 4.32. The van der Waals surface area contributed by atoms with E-state index in [4.69, 9.17) is 21.1 Å². The number of nitrogens with one attached hydrogen (secondary N) is 1. The summed E-state index contributed by atoms with van der Waals surface area (Å²) in [6, 6.07) is 19.8. The Hall–Kier alpha value is -3.82. The van der Waals surface area contributed by atoms with Crippen molar-refractivity contribution in [3.8, 4) is 17.6 Å². The lowest BCUT2D eigenvalue weighted by molar-refractivity contribution is -0.112. The highest BCUT2D eigenvalue weighted by Crippen LogP contribution is 2.27. The number of anilines is 1. The van der Waals surface area contributed by atoms with Crippen molar-refractivity contribution in [1.29, 1.82) is 5.26 Å². The SMILES string of the molecule is COc1ccc(NC(=O)/C(C#N)=C/c2ccc(OCc3ccccc3F)c(Cl)c2)cc1. The summed E-state index contributed by atoms with van der Waals surface area (Å²) in [5.41, 5.74) is 1.39. The van der Waals surface area contributed by atoms with E-state index in [-0.39, 0.29) is 23.0 Å². The molecule has 156 valence electrons. The molecule has 0 unspecified atom stereocenters. The molecule has 31 heavy (non-hydrogen) atoms. The van der Waals surface area contributed by atoms with Gasteiger partial charge in [0.05, 0.1) is 12.1 Å². The zero-order valence-electron chi connectivity index (χ0n) is 16.6. The molecule has 0 saturated carbocycles. The average molecular weight is 437 g/mol. The molecule has 0 aromatic heterocycles. The minimum atomic E-state index is -0.552. The molecule has 0 bridgehead atoms.